The van der Waals surface area contributed by atoms with Crippen LogP contribution in [0.1, 0.15) is 26.2 Å². The van der Waals surface area contributed by atoms with Crippen LogP contribution in [0.25, 0.3) is 0 Å². The van der Waals surface area contributed by atoms with Crippen LogP contribution in [0.2, 0.25) is 0 Å². The molecule has 0 spiro atoms. The van der Waals surface area contributed by atoms with Crippen LogP contribution in [0.4, 0.5) is 0 Å². The maximum Gasteiger partial charge on any atom is 0.326 e. The van der Waals surface area contributed by atoms with Gasteiger partial charge in [-0.15, -0.1) is 0 Å². The standard InChI is InChI=1S/C14H27N5O6/c1-8(20)12(19-10(21)6-16)13(23)17-7-11(22)18-9(14(24)25)4-2-3-5-15/h8-9,12,20H,2-7,15-16H2,1H3,(H,17,23)(H,18,22)(H,19,21)(H,24,25). The number of aliphatic hydroxyl groups excluding tert-OH is 1. The van der Waals surface area contributed by atoms with Crippen molar-refractivity contribution >= 4 is 23.7 Å². The van der Waals surface area contributed by atoms with E-state index in [2.05, 4.69) is 16.0 Å². The average Bonchev–Trinajstić information content (AvgIpc) is 2.55. The molecule has 0 saturated heterocycles. The summed E-state index contributed by atoms with van der Waals surface area (Å²) in [4.78, 5) is 46.0. The number of hydrogen-bond donors (Lipinski definition) is 7. The van der Waals surface area contributed by atoms with E-state index in [0.717, 1.165) is 0 Å². The van der Waals surface area contributed by atoms with Gasteiger partial charge in [0.1, 0.15) is 12.1 Å². The van der Waals surface area contributed by atoms with Crippen molar-refractivity contribution in [2.24, 2.45) is 11.5 Å². The Kier molecular flexibility index (Phi) is 11.1. The van der Waals surface area contributed by atoms with Crippen molar-refractivity contribution in [1.82, 2.24) is 16.0 Å². The van der Waals surface area contributed by atoms with Crippen LogP contribution < -0.4 is 27.4 Å². The molecule has 0 aliphatic carbocycles. The molecule has 9 N–H and O–H groups in total. The number of carboxylic acid groups (broad SMARTS) is 1. The van der Waals surface area contributed by atoms with E-state index in [9.17, 15) is 24.3 Å². The third-order valence-electron chi connectivity index (χ3n) is 3.27. The molecule has 3 amide bonds. The summed E-state index contributed by atoms with van der Waals surface area (Å²) in [7, 11) is 0. The Labute approximate surface area is 145 Å². The molecule has 11 heteroatoms. The molecule has 144 valence electrons. The summed E-state index contributed by atoms with van der Waals surface area (Å²) in [5.74, 6) is -3.32. The van der Waals surface area contributed by atoms with Gasteiger partial charge in [0.2, 0.25) is 17.7 Å². The molecule has 0 aliphatic heterocycles. The van der Waals surface area contributed by atoms with E-state index < -0.39 is 48.4 Å². The van der Waals surface area contributed by atoms with Crippen LogP contribution in [0, 0.1) is 0 Å². The van der Waals surface area contributed by atoms with Gasteiger partial charge in [0.05, 0.1) is 19.2 Å². The van der Waals surface area contributed by atoms with Gasteiger partial charge in [0.25, 0.3) is 0 Å². The minimum Gasteiger partial charge on any atom is -0.480 e. The normalized spacial score (nSPS) is 14.1. The van der Waals surface area contributed by atoms with Crippen molar-refractivity contribution in [2.75, 3.05) is 19.6 Å². The van der Waals surface area contributed by atoms with Crippen LogP contribution in [0.5, 0.6) is 0 Å². The molecule has 3 atom stereocenters. The highest BCUT2D eigenvalue weighted by Gasteiger charge is 2.26. The zero-order chi connectivity index (χ0) is 19.4. The number of carbonyl (C=O) groups is 4. The summed E-state index contributed by atoms with van der Waals surface area (Å²) < 4.78 is 0. The van der Waals surface area contributed by atoms with E-state index in [4.69, 9.17) is 16.6 Å². The van der Waals surface area contributed by atoms with Crippen LogP contribution in [0.15, 0.2) is 0 Å². The summed E-state index contributed by atoms with van der Waals surface area (Å²) in [6, 6.07) is -2.36. The predicted molar refractivity (Wildman–Crippen MR) is 88.1 cm³/mol. The molecule has 25 heavy (non-hydrogen) atoms. The van der Waals surface area contributed by atoms with Gasteiger partial charge < -0.3 is 37.6 Å². The average molecular weight is 361 g/mol. The third-order valence-corrected chi connectivity index (χ3v) is 3.27. The van der Waals surface area contributed by atoms with Crippen molar-refractivity contribution in [2.45, 2.75) is 44.4 Å². The Morgan fingerprint density at radius 1 is 1.04 bits per heavy atom. The van der Waals surface area contributed by atoms with E-state index in [0.29, 0.717) is 19.4 Å². The molecule has 0 saturated carbocycles. The second kappa shape index (κ2) is 12.2. The first-order valence-corrected chi connectivity index (χ1v) is 7.90. The number of nitrogens with two attached hydrogens (primary N) is 2. The Hall–Kier alpha value is -2.24. The minimum atomic E-state index is -1.27. The summed E-state index contributed by atoms with van der Waals surface area (Å²) >= 11 is 0. The second-order valence-electron chi connectivity index (χ2n) is 5.45. The van der Waals surface area contributed by atoms with Crippen molar-refractivity contribution in [3.05, 3.63) is 0 Å². The molecule has 0 aliphatic rings. The first kappa shape index (κ1) is 22.8. The fourth-order valence-electron chi connectivity index (χ4n) is 1.91. The minimum absolute atomic E-state index is 0.217. The van der Waals surface area contributed by atoms with Gasteiger partial charge in [-0.1, -0.05) is 0 Å². The lowest BCUT2D eigenvalue weighted by atomic mass is 10.1. The number of hydrogen-bond acceptors (Lipinski definition) is 7. The van der Waals surface area contributed by atoms with Gasteiger partial charge in [-0.25, -0.2) is 4.79 Å². The van der Waals surface area contributed by atoms with Gasteiger partial charge in [-0.05, 0) is 32.7 Å². The van der Waals surface area contributed by atoms with E-state index in [-0.39, 0.29) is 13.0 Å². The van der Waals surface area contributed by atoms with E-state index in [1.807, 2.05) is 0 Å². The SMILES string of the molecule is CC(O)C(NC(=O)CN)C(=O)NCC(=O)NC(CCCCN)C(=O)O. The molecule has 0 heterocycles. The van der Waals surface area contributed by atoms with Crippen molar-refractivity contribution in [1.29, 1.82) is 0 Å². The molecular weight excluding hydrogens is 334 g/mol. The van der Waals surface area contributed by atoms with Crippen LogP contribution in [0.3, 0.4) is 0 Å². The Morgan fingerprint density at radius 2 is 1.68 bits per heavy atom. The summed E-state index contributed by atoms with van der Waals surface area (Å²) in [6.45, 7) is 0.853. The molecule has 0 fully saturated rings. The fourth-order valence-corrected chi connectivity index (χ4v) is 1.91. The Balaban J connectivity index is 4.50. The van der Waals surface area contributed by atoms with E-state index in [1.165, 1.54) is 6.92 Å². The van der Waals surface area contributed by atoms with Gasteiger partial charge in [0.15, 0.2) is 0 Å². The highest BCUT2D eigenvalue weighted by atomic mass is 16.4. The van der Waals surface area contributed by atoms with Gasteiger partial charge in [0, 0.05) is 0 Å². The molecule has 0 aromatic rings. The molecule has 0 aromatic heterocycles. The maximum atomic E-state index is 11.9. The quantitative estimate of drug-likeness (QED) is 0.175. The monoisotopic (exact) mass is 361 g/mol. The fraction of sp³-hybridized carbons (Fsp3) is 0.714. The van der Waals surface area contributed by atoms with Crippen molar-refractivity contribution < 1.29 is 29.4 Å². The van der Waals surface area contributed by atoms with E-state index in [1.54, 1.807) is 0 Å². The molecule has 0 aromatic carbocycles. The zero-order valence-electron chi connectivity index (χ0n) is 14.2. The number of aliphatic hydroxyl groups is 1. The lowest BCUT2D eigenvalue weighted by molar-refractivity contribution is -0.142. The van der Waals surface area contributed by atoms with Crippen molar-refractivity contribution in [3.63, 3.8) is 0 Å². The first-order chi connectivity index (χ1) is 11.7. The summed E-state index contributed by atoms with van der Waals surface area (Å²) in [5.41, 5.74) is 10.5. The van der Waals surface area contributed by atoms with Crippen molar-refractivity contribution in [3.8, 4) is 0 Å². The molecular formula is C14H27N5O6. The topological polar surface area (TPSA) is 197 Å². The number of nitrogens with one attached hydrogen (secondary N) is 3. The Morgan fingerprint density at radius 3 is 2.16 bits per heavy atom. The predicted octanol–water partition coefficient (Wildman–Crippen LogP) is -3.37. The van der Waals surface area contributed by atoms with Crippen LogP contribution in [-0.2, 0) is 19.2 Å². The number of carboxylic acids is 1. The molecule has 0 radical (unpaired) electrons. The smallest absolute Gasteiger partial charge is 0.326 e. The Bertz CT molecular complexity index is 471. The van der Waals surface area contributed by atoms with Gasteiger partial charge >= 0.3 is 5.97 Å². The highest BCUT2D eigenvalue weighted by Crippen LogP contribution is 2.00. The number of amides is 3. The summed E-state index contributed by atoms with van der Waals surface area (Å²) in [6.07, 6.45) is 0.180. The molecule has 0 rings (SSSR count). The second-order valence-corrected chi connectivity index (χ2v) is 5.45. The number of unbranched alkanes of at least 4 members (excludes halogenated alkanes) is 1. The van der Waals surface area contributed by atoms with Crippen LogP contribution in [-0.4, -0.2) is 71.7 Å². The first-order valence-electron chi connectivity index (χ1n) is 7.90. The third kappa shape index (κ3) is 9.59. The largest absolute Gasteiger partial charge is 0.480 e. The molecule has 11 nitrogen and oxygen atoms in total. The lowest BCUT2D eigenvalue weighted by Crippen LogP contribution is -2.55. The van der Waals surface area contributed by atoms with Crippen LogP contribution >= 0.6 is 0 Å². The number of rotatable bonds is 12. The highest BCUT2D eigenvalue weighted by molar-refractivity contribution is 5.92. The van der Waals surface area contributed by atoms with Gasteiger partial charge in [-0.3, -0.25) is 14.4 Å². The number of aliphatic carboxylic acids is 1. The number of carbonyl (C=O) groups excluding carboxylic acids is 3. The molecule has 0 bridgehead atoms. The summed E-state index contributed by atoms with van der Waals surface area (Å²) in [5, 5.41) is 25.3. The molecule has 3 unspecified atom stereocenters. The van der Waals surface area contributed by atoms with E-state index >= 15 is 0 Å². The van der Waals surface area contributed by atoms with Gasteiger partial charge in [-0.2, -0.15) is 0 Å². The zero-order valence-corrected chi connectivity index (χ0v) is 14.2. The maximum absolute atomic E-state index is 11.9. The lowest BCUT2D eigenvalue weighted by Gasteiger charge is -2.21.